The number of anilines is 1. The summed E-state index contributed by atoms with van der Waals surface area (Å²) in [6.45, 7) is 17.8. The molecule has 3 N–H and O–H groups in total. The van der Waals surface area contributed by atoms with E-state index >= 15 is 0 Å². The van der Waals surface area contributed by atoms with E-state index < -0.39 is 0 Å². The average molecular weight is 460 g/mol. The summed E-state index contributed by atoms with van der Waals surface area (Å²) >= 11 is 0. The van der Waals surface area contributed by atoms with Crippen LogP contribution in [0.1, 0.15) is 82.9 Å². The van der Waals surface area contributed by atoms with Crippen LogP contribution in [0.2, 0.25) is 0 Å². The van der Waals surface area contributed by atoms with Gasteiger partial charge in [0.2, 0.25) is 0 Å². The van der Waals surface area contributed by atoms with Crippen molar-refractivity contribution < 1.29 is 9.59 Å². The Hall–Kier alpha value is -2.15. The molecule has 33 heavy (non-hydrogen) atoms. The highest BCUT2D eigenvalue weighted by Gasteiger charge is 2.27. The van der Waals surface area contributed by atoms with Crippen LogP contribution < -0.4 is 16.0 Å². The van der Waals surface area contributed by atoms with E-state index in [4.69, 9.17) is 4.98 Å². The Morgan fingerprint density at radius 3 is 2.48 bits per heavy atom. The number of amides is 3. The van der Waals surface area contributed by atoms with Crippen molar-refractivity contribution >= 4 is 17.8 Å². The Morgan fingerprint density at radius 2 is 1.88 bits per heavy atom. The van der Waals surface area contributed by atoms with E-state index in [0.717, 1.165) is 43.6 Å². The number of pyridine rings is 1. The number of aromatic nitrogens is 1. The van der Waals surface area contributed by atoms with Crippen molar-refractivity contribution in [2.24, 2.45) is 17.8 Å². The van der Waals surface area contributed by atoms with Gasteiger partial charge in [-0.2, -0.15) is 0 Å². The van der Waals surface area contributed by atoms with E-state index in [0.29, 0.717) is 54.7 Å². The molecule has 1 aromatic rings. The van der Waals surface area contributed by atoms with Gasteiger partial charge >= 0.3 is 6.03 Å². The molecule has 2 heterocycles. The molecule has 2 rings (SSSR count). The molecule has 3 amide bonds. The fraction of sp³-hybridized carbons (Fsp3) is 0.731. The van der Waals surface area contributed by atoms with Crippen LogP contribution in [0.4, 0.5) is 10.6 Å². The third-order valence-corrected chi connectivity index (χ3v) is 5.91. The van der Waals surface area contributed by atoms with E-state index in [1.54, 1.807) is 0 Å². The fourth-order valence-electron chi connectivity index (χ4n) is 4.28. The topological polar surface area (TPSA) is 86.4 Å². The van der Waals surface area contributed by atoms with Gasteiger partial charge in [-0.1, -0.05) is 48.5 Å². The molecule has 0 radical (unpaired) electrons. The lowest BCUT2D eigenvalue weighted by Gasteiger charge is -2.35. The molecule has 1 aliphatic rings. The van der Waals surface area contributed by atoms with Crippen LogP contribution in [0.25, 0.3) is 0 Å². The van der Waals surface area contributed by atoms with Crippen molar-refractivity contribution in [2.45, 2.75) is 80.2 Å². The van der Waals surface area contributed by atoms with Gasteiger partial charge in [0, 0.05) is 32.2 Å². The first-order chi connectivity index (χ1) is 15.6. The minimum atomic E-state index is -0.243. The third kappa shape index (κ3) is 8.61. The summed E-state index contributed by atoms with van der Waals surface area (Å²) in [7, 11) is 0. The zero-order chi connectivity index (χ0) is 24.5. The molecule has 1 saturated heterocycles. The minimum absolute atomic E-state index is 0.0487. The Bertz CT molecular complexity index is 791. The second-order valence-electron chi connectivity index (χ2n) is 10.5. The van der Waals surface area contributed by atoms with Crippen LogP contribution in [0.3, 0.4) is 0 Å². The lowest BCUT2D eigenvalue weighted by atomic mass is 9.98. The summed E-state index contributed by atoms with van der Waals surface area (Å²) in [5.41, 5.74) is 2.33. The van der Waals surface area contributed by atoms with Crippen LogP contribution in [0.15, 0.2) is 6.07 Å². The molecule has 1 atom stereocenters. The molecule has 0 saturated carbocycles. The average Bonchev–Trinajstić information content (AvgIpc) is 2.73. The lowest BCUT2D eigenvalue weighted by molar-refractivity contribution is 0.0692. The predicted molar refractivity (Wildman–Crippen MR) is 136 cm³/mol. The zero-order valence-corrected chi connectivity index (χ0v) is 21.8. The molecule has 186 valence electrons. The molecule has 1 aliphatic heterocycles. The van der Waals surface area contributed by atoms with Crippen molar-refractivity contribution in [2.75, 3.05) is 31.5 Å². The number of nitrogens with one attached hydrogen (secondary N) is 3. The minimum Gasteiger partial charge on any atom is -0.338 e. The Balaban J connectivity index is 2.26. The predicted octanol–water partition coefficient (Wildman–Crippen LogP) is 4.47. The largest absolute Gasteiger partial charge is 0.338 e. The zero-order valence-electron chi connectivity index (χ0n) is 21.8. The van der Waals surface area contributed by atoms with Gasteiger partial charge in [0.25, 0.3) is 5.91 Å². The SMILES string of the molecule is CCc1nc(NC(=O)NCCC(C)C)c(CC(C)C)cc1C(=O)N1CCN[C@@H](CC(C)C)C1. The number of aryl methyl sites for hydroxylation is 1. The Labute approximate surface area is 200 Å². The van der Waals surface area contributed by atoms with Crippen molar-refractivity contribution in [3.8, 4) is 0 Å². The molecule has 7 nitrogen and oxygen atoms in total. The molecule has 0 unspecified atom stereocenters. The molecule has 0 spiro atoms. The van der Waals surface area contributed by atoms with Crippen molar-refractivity contribution in [3.05, 3.63) is 22.9 Å². The van der Waals surface area contributed by atoms with E-state index in [2.05, 4.69) is 57.5 Å². The summed E-state index contributed by atoms with van der Waals surface area (Å²) in [5, 5.41) is 9.40. The van der Waals surface area contributed by atoms with Gasteiger partial charge < -0.3 is 15.5 Å². The van der Waals surface area contributed by atoms with Crippen molar-refractivity contribution in [1.82, 2.24) is 20.5 Å². The van der Waals surface area contributed by atoms with E-state index in [-0.39, 0.29) is 11.9 Å². The van der Waals surface area contributed by atoms with Crippen LogP contribution in [0.5, 0.6) is 0 Å². The van der Waals surface area contributed by atoms with Gasteiger partial charge in [-0.25, -0.2) is 9.78 Å². The first-order valence-corrected chi connectivity index (χ1v) is 12.7. The highest BCUT2D eigenvalue weighted by atomic mass is 16.2. The quantitative estimate of drug-likeness (QED) is 0.482. The maximum Gasteiger partial charge on any atom is 0.320 e. The number of rotatable bonds is 10. The molecule has 0 aromatic carbocycles. The number of hydrogen-bond acceptors (Lipinski definition) is 4. The monoisotopic (exact) mass is 459 g/mol. The van der Waals surface area contributed by atoms with Gasteiger partial charge in [0.15, 0.2) is 0 Å². The summed E-state index contributed by atoms with van der Waals surface area (Å²) in [6, 6.07) is 2.05. The molecular weight excluding hydrogens is 414 g/mol. The number of urea groups is 1. The maximum atomic E-state index is 13.5. The van der Waals surface area contributed by atoms with Crippen LogP contribution in [-0.2, 0) is 12.8 Å². The smallest absolute Gasteiger partial charge is 0.320 e. The summed E-state index contributed by atoms with van der Waals surface area (Å²) in [6.07, 6.45) is 3.36. The third-order valence-electron chi connectivity index (χ3n) is 5.91. The molecule has 0 bridgehead atoms. The first kappa shape index (κ1) is 27.1. The molecule has 1 fully saturated rings. The van der Waals surface area contributed by atoms with E-state index in [1.807, 2.05) is 17.9 Å². The maximum absolute atomic E-state index is 13.5. The highest BCUT2D eigenvalue weighted by Crippen LogP contribution is 2.24. The molecule has 7 heteroatoms. The summed E-state index contributed by atoms with van der Waals surface area (Å²) in [4.78, 5) is 32.8. The van der Waals surface area contributed by atoms with Crippen molar-refractivity contribution in [1.29, 1.82) is 0 Å². The first-order valence-electron chi connectivity index (χ1n) is 12.7. The van der Waals surface area contributed by atoms with Gasteiger partial charge in [0.1, 0.15) is 5.82 Å². The molecular formula is C26H45N5O2. The fourth-order valence-corrected chi connectivity index (χ4v) is 4.28. The van der Waals surface area contributed by atoms with Gasteiger partial charge in [-0.3, -0.25) is 10.1 Å². The van der Waals surface area contributed by atoms with E-state index in [1.165, 1.54) is 0 Å². The number of hydrogen-bond donors (Lipinski definition) is 3. The summed E-state index contributed by atoms with van der Waals surface area (Å²) < 4.78 is 0. The van der Waals surface area contributed by atoms with E-state index in [9.17, 15) is 9.59 Å². The molecule has 0 aliphatic carbocycles. The number of carbonyl (C=O) groups excluding carboxylic acids is 2. The van der Waals surface area contributed by atoms with Crippen molar-refractivity contribution in [3.63, 3.8) is 0 Å². The van der Waals surface area contributed by atoms with Gasteiger partial charge in [-0.05, 0) is 55.1 Å². The van der Waals surface area contributed by atoms with Crippen LogP contribution in [0, 0.1) is 17.8 Å². The number of piperazine rings is 1. The van der Waals surface area contributed by atoms with Gasteiger partial charge in [0.05, 0.1) is 11.3 Å². The lowest BCUT2D eigenvalue weighted by Crippen LogP contribution is -2.53. The second kappa shape index (κ2) is 12.9. The van der Waals surface area contributed by atoms with Gasteiger partial charge in [-0.15, -0.1) is 0 Å². The highest BCUT2D eigenvalue weighted by molar-refractivity contribution is 5.97. The van der Waals surface area contributed by atoms with Crippen LogP contribution >= 0.6 is 0 Å². The number of carbonyl (C=O) groups is 2. The Morgan fingerprint density at radius 1 is 1.15 bits per heavy atom. The molecule has 1 aromatic heterocycles. The standard InChI is InChI=1S/C26H45N5O2/c1-8-23-22(25(32)31-12-11-27-21(16-31)14-19(6)7)15-20(13-18(4)5)24(29-23)30-26(33)28-10-9-17(2)3/h15,17-19,21,27H,8-14,16H2,1-7H3,(H2,28,29,30,33)/t21-/m0/s1. The normalized spacial score (nSPS) is 16.5. The van der Waals surface area contributed by atoms with Crippen LogP contribution in [-0.4, -0.2) is 54.0 Å². The number of nitrogens with zero attached hydrogens (tertiary/aromatic N) is 2. The Kier molecular flexibility index (Phi) is 10.6. The summed E-state index contributed by atoms with van der Waals surface area (Å²) in [5.74, 6) is 2.10. The second-order valence-corrected chi connectivity index (χ2v) is 10.5.